The molecule has 37 heavy (non-hydrogen) atoms. The van der Waals surface area contributed by atoms with Gasteiger partial charge in [-0.1, -0.05) is 6.92 Å². The van der Waals surface area contributed by atoms with Gasteiger partial charge in [0.15, 0.2) is 24.0 Å². The molecule has 0 radical (unpaired) electrons. The van der Waals surface area contributed by atoms with Crippen molar-refractivity contribution in [3.05, 3.63) is 0 Å². The Morgan fingerprint density at radius 2 is 1.62 bits per heavy atom. The zero-order valence-corrected chi connectivity index (χ0v) is 20.3. The second-order valence-electron chi connectivity index (χ2n) is 10.7. The predicted molar refractivity (Wildman–Crippen MR) is 108 cm³/mol. The number of carbonyl (C=O) groups is 3. The van der Waals surface area contributed by atoms with Crippen molar-refractivity contribution in [2.45, 2.75) is 108 Å². The van der Waals surface area contributed by atoms with Gasteiger partial charge in [0.1, 0.15) is 12.2 Å². The van der Waals surface area contributed by atoms with Crippen LogP contribution in [-0.2, 0) is 38.1 Å². The first kappa shape index (κ1) is 28.1. The van der Waals surface area contributed by atoms with Gasteiger partial charge >= 0.3 is 24.3 Å². The largest absolute Gasteiger partial charge is 0.451 e. The zero-order chi connectivity index (χ0) is 27.6. The molecule has 4 rings (SSSR count). The van der Waals surface area contributed by atoms with Crippen LogP contribution in [0.1, 0.15) is 59.3 Å². The number of halogens is 6. The maximum absolute atomic E-state index is 12.7. The van der Waals surface area contributed by atoms with Gasteiger partial charge in [0.25, 0.3) is 6.10 Å². The molecule has 4 aliphatic rings. The fourth-order valence-corrected chi connectivity index (χ4v) is 5.12. The van der Waals surface area contributed by atoms with Crippen LogP contribution >= 0.6 is 0 Å². The fourth-order valence-electron chi connectivity index (χ4n) is 5.12. The molecule has 2 saturated heterocycles. The minimum absolute atomic E-state index is 0.000264. The van der Waals surface area contributed by atoms with Crippen LogP contribution < -0.4 is 0 Å². The Morgan fingerprint density at radius 3 is 2.16 bits per heavy atom. The van der Waals surface area contributed by atoms with Gasteiger partial charge in [0.05, 0.1) is 11.3 Å². The van der Waals surface area contributed by atoms with Crippen LogP contribution in [0.4, 0.5) is 26.3 Å². The van der Waals surface area contributed by atoms with Crippen molar-refractivity contribution >= 4 is 17.7 Å². The van der Waals surface area contributed by atoms with E-state index in [0.717, 1.165) is 0 Å². The highest BCUT2D eigenvalue weighted by atomic mass is 19.4. The van der Waals surface area contributed by atoms with Crippen LogP contribution in [0.15, 0.2) is 0 Å². The van der Waals surface area contributed by atoms with Gasteiger partial charge in [-0.3, -0.25) is 14.4 Å². The summed E-state index contributed by atoms with van der Waals surface area (Å²) in [6.45, 7) is 5.22. The van der Waals surface area contributed by atoms with E-state index in [4.69, 9.17) is 18.9 Å². The van der Waals surface area contributed by atoms with E-state index in [-0.39, 0.29) is 37.9 Å². The lowest BCUT2D eigenvalue weighted by Gasteiger charge is -2.36. The first-order valence-corrected chi connectivity index (χ1v) is 12.1. The van der Waals surface area contributed by atoms with Crippen molar-refractivity contribution < 1.29 is 64.4 Å². The van der Waals surface area contributed by atoms with Crippen LogP contribution in [0, 0.1) is 17.3 Å². The Labute approximate surface area is 208 Å². The van der Waals surface area contributed by atoms with Gasteiger partial charge in [0.2, 0.25) is 0 Å². The van der Waals surface area contributed by atoms with E-state index >= 15 is 0 Å². The Bertz CT molecular complexity index is 909. The second-order valence-corrected chi connectivity index (χ2v) is 10.7. The smallest absolute Gasteiger partial charge is 0.434 e. The number of Topliss-reactive ketones (excluding diaryl/α,β-unsaturated/α-hetero) is 1. The normalized spacial score (nSPS) is 36.1. The Balaban J connectivity index is 1.34. The van der Waals surface area contributed by atoms with E-state index in [1.807, 2.05) is 6.92 Å². The van der Waals surface area contributed by atoms with E-state index < -0.39 is 78.0 Å². The average Bonchev–Trinajstić information content (AvgIpc) is 3.38. The third kappa shape index (κ3) is 5.33. The maximum Gasteiger partial charge on any atom is 0.434 e. The molecule has 0 aromatic heterocycles. The number of esters is 2. The number of carbonyl (C=O) groups excluding carboxylic acids is 3. The minimum atomic E-state index is -5.79. The quantitative estimate of drug-likeness (QED) is 0.378. The Morgan fingerprint density at radius 1 is 1.03 bits per heavy atom. The molecular formula is C23H28F6O8. The predicted octanol–water partition coefficient (Wildman–Crippen LogP) is 3.99. The highest BCUT2D eigenvalue weighted by molar-refractivity contribution is 5.89. The molecule has 14 heteroatoms. The van der Waals surface area contributed by atoms with Crippen LogP contribution in [0.3, 0.4) is 0 Å². The molecular weight excluding hydrogens is 518 g/mol. The molecule has 0 aromatic carbocycles. The molecule has 8 nitrogen and oxygen atoms in total. The highest BCUT2D eigenvalue weighted by Crippen LogP contribution is 2.52. The van der Waals surface area contributed by atoms with Crippen molar-refractivity contribution in [3.63, 3.8) is 0 Å². The van der Waals surface area contributed by atoms with Gasteiger partial charge in [0, 0.05) is 25.2 Å². The Kier molecular flexibility index (Phi) is 7.11. The molecule has 0 N–H and O–H groups in total. The Hall–Kier alpha value is -1.93. The molecule has 5 unspecified atom stereocenters. The summed E-state index contributed by atoms with van der Waals surface area (Å²) in [6, 6.07) is 0. The first-order chi connectivity index (χ1) is 17.0. The lowest BCUT2D eigenvalue weighted by atomic mass is 9.85. The monoisotopic (exact) mass is 546 g/mol. The van der Waals surface area contributed by atoms with Gasteiger partial charge in [-0.05, 0) is 33.1 Å². The van der Waals surface area contributed by atoms with Gasteiger partial charge < -0.3 is 23.7 Å². The fraction of sp³-hybridized carbons (Fsp3) is 0.870. The molecule has 2 aliphatic carbocycles. The topological polar surface area (TPSA) is 97.4 Å². The lowest BCUT2D eigenvalue weighted by molar-refractivity contribution is -0.315. The van der Waals surface area contributed by atoms with Gasteiger partial charge in [-0.2, -0.15) is 26.3 Å². The van der Waals surface area contributed by atoms with Crippen LogP contribution in [0.25, 0.3) is 0 Å². The minimum Gasteiger partial charge on any atom is -0.451 e. The number of hydrogen-bond donors (Lipinski definition) is 0. The number of rotatable bonds is 5. The summed E-state index contributed by atoms with van der Waals surface area (Å²) in [5, 5.41) is 0. The molecule has 2 aliphatic heterocycles. The molecule has 2 saturated carbocycles. The van der Waals surface area contributed by atoms with Gasteiger partial charge in [-0.25, -0.2) is 0 Å². The number of alkyl halides is 6. The first-order valence-electron chi connectivity index (χ1n) is 12.1. The summed E-state index contributed by atoms with van der Waals surface area (Å²) in [7, 11) is 0. The molecule has 0 bridgehead atoms. The van der Waals surface area contributed by atoms with E-state index in [2.05, 4.69) is 4.74 Å². The number of fused-ring (bicyclic) bond motifs is 3. The second kappa shape index (κ2) is 9.37. The SMILES string of the molecule is CCC(C)(C)C(=O)OC1C(=O)CC2C3OC4(CCC(C(=O)OC(C(F)(F)F)C(F)(F)F)CC4)OC3OC12. The third-order valence-corrected chi connectivity index (χ3v) is 7.72. The molecule has 5 atom stereocenters. The summed E-state index contributed by atoms with van der Waals surface area (Å²) in [6.07, 6.45) is -18.9. The van der Waals surface area contributed by atoms with Crippen molar-refractivity contribution in [2.24, 2.45) is 17.3 Å². The van der Waals surface area contributed by atoms with Crippen LogP contribution in [-0.4, -0.2) is 66.6 Å². The van der Waals surface area contributed by atoms with E-state index in [1.165, 1.54) is 0 Å². The number of ether oxygens (including phenoxy) is 5. The summed E-state index contributed by atoms with van der Waals surface area (Å²) in [5.41, 5.74) is -0.788. The molecule has 2 heterocycles. The molecule has 210 valence electrons. The third-order valence-electron chi connectivity index (χ3n) is 7.72. The van der Waals surface area contributed by atoms with Gasteiger partial charge in [-0.15, -0.1) is 0 Å². The summed E-state index contributed by atoms with van der Waals surface area (Å²) >= 11 is 0. The molecule has 0 amide bonds. The molecule has 4 fully saturated rings. The number of ketones is 1. The van der Waals surface area contributed by atoms with Crippen LogP contribution in [0.2, 0.25) is 0 Å². The lowest BCUT2D eigenvalue weighted by Crippen LogP contribution is -2.47. The maximum atomic E-state index is 12.7. The average molecular weight is 546 g/mol. The standard InChI is InChI=1S/C23H28F6O8/c1-4-20(2,3)19(32)34-15-12(30)9-11-13(15)33-17-14(11)36-21(37-17)7-5-10(6-8-21)16(31)35-18(22(24,25)26)23(27,28)29/h10-11,13-15,17-18H,4-9H2,1-3H3. The summed E-state index contributed by atoms with van der Waals surface area (Å²) < 4.78 is 104. The van der Waals surface area contributed by atoms with Crippen molar-refractivity contribution in [3.8, 4) is 0 Å². The molecule has 0 aromatic rings. The van der Waals surface area contributed by atoms with E-state index in [1.54, 1.807) is 13.8 Å². The number of hydrogen-bond acceptors (Lipinski definition) is 8. The van der Waals surface area contributed by atoms with Crippen molar-refractivity contribution in [1.29, 1.82) is 0 Å². The summed E-state index contributed by atoms with van der Waals surface area (Å²) in [5.74, 6) is -5.35. The van der Waals surface area contributed by atoms with E-state index in [0.29, 0.717) is 6.42 Å². The van der Waals surface area contributed by atoms with Crippen molar-refractivity contribution in [1.82, 2.24) is 0 Å². The highest BCUT2D eigenvalue weighted by Gasteiger charge is 2.65. The van der Waals surface area contributed by atoms with Crippen molar-refractivity contribution in [2.75, 3.05) is 0 Å². The zero-order valence-electron chi connectivity index (χ0n) is 20.3. The van der Waals surface area contributed by atoms with Crippen LogP contribution in [0.5, 0.6) is 0 Å². The van der Waals surface area contributed by atoms with E-state index in [9.17, 15) is 40.7 Å². The summed E-state index contributed by atoms with van der Waals surface area (Å²) in [4.78, 5) is 37.2. The molecule has 1 spiro atoms.